The Morgan fingerprint density at radius 3 is 2.50 bits per heavy atom. The lowest BCUT2D eigenvalue weighted by Gasteiger charge is -2.25. The average molecular weight is 340 g/mol. The number of hydrogen-bond donors (Lipinski definition) is 0. The maximum Gasteiger partial charge on any atom is 0.264 e. The molecule has 3 aromatic rings. The molecule has 0 spiro atoms. The second-order valence-electron chi connectivity index (χ2n) is 5.87. The molecule has 1 unspecified atom stereocenters. The number of aryl methyl sites for hydroxylation is 2. The molecule has 2 aromatic heterocycles. The zero-order chi connectivity index (χ0) is 17.3. The molecule has 0 saturated heterocycles. The summed E-state index contributed by atoms with van der Waals surface area (Å²) in [4.78, 5) is 20.4. The third-order valence-corrected chi connectivity index (χ3v) is 5.48. The van der Waals surface area contributed by atoms with Crippen molar-refractivity contribution in [3.8, 4) is 5.69 Å². The summed E-state index contributed by atoms with van der Waals surface area (Å²) < 4.78 is 1.71. The van der Waals surface area contributed by atoms with E-state index in [0.29, 0.717) is 0 Å². The molecule has 1 aromatic carbocycles. The number of amides is 1. The van der Waals surface area contributed by atoms with Gasteiger partial charge in [0, 0.05) is 11.9 Å². The Bertz CT molecular complexity index is 817. The number of rotatable bonds is 4. The van der Waals surface area contributed by atoms with Gasteiger partial charge < -0.3 is 4.90 Å². The highest BCUT2D eigenvalue weighted by atomic mass is 32.1. The van der Waals surface area contributed by atoms with Gasteiger partial charge in [0.25, 0.3) is 5.91 Å². The first kappa shape index (κ1) is 16.4. The zero-order valence-corrected chi connectivity index (χ0v) is 15.0. The number of aromatic nitrogens is 3. The molecule has 1 atom stereocenters. The first-order valence-electron chi connectivity index (χ1n) is 7.76. The van der Waals surface area contributed by atoms with Gasteiger partial charge in [0.2, 0.25) is 0 Å². The monoisotopic (exact) mass is 340 g/mol. The van der Waals surface area contributed by atoms with E-state index in [9.17, 15) is 4.79 Å². The molecule has 0 aliphatic carbocycles. The first-order valence-corrected chi connectivity index (χ1v) is 8.58. The fraction of sp³-hybridized carbons (Fsp3) is 0.278. The normalized spacial score (nSPS) is 12.2. The summed E-state index contributed by atoms with van der Waals surface area (Å²) in [7, 11) is 1.85. The van der Waals surface area contributed by atoms with Gasteiger partial charge in [-0.15, -0.1) is 11.3 Å². The number of carbonyl (C=O) groups excluding carboxylic acids is 1. The molecule has 0 aliphatic heterocycles. The van der Waals surface area contributed by atoms with Crippen molar-refractivity contribution in [3.05, 3.63) is 63.9 Å². The molecule has 1 amide bonds. The van der Waals surface area contributed by atoms with Crippen LogP contribution in [0.1, 0.15) is 38.6 Å². The van der Waals surface area contributed by atoms with Crippen LogP contribution in [0, 0.1) is 13.8 Å². The van der Waals surface area contributed by atoms with Crippen molar-refractivity contribution in [2.45, 2.75) is 26.8 Å². The van der Waals surface area contributed by atoms with Crippen molar-refractivity contribution in [2.75, 3.05) is 7.05 Å². The summed E-state index contributed by atoms with van der Waals surface area (Å²) >= 11 is 1.55. The Kier molecular flexibility index (Phi) is 4.49. The molecule has 124 valence electrons. The molecular formula is C18H20N4OS. The lowest BCUT2D eigenvalue weighted by atomic mass is 10.1. The molecule has 24 heavy (non-hydrogen) atoms. The van der Waals surface area contributed by atoms with Crippen LogP contribution in [0.25, 0.3) is 5.69 Å². The number of benzene rings is 1. The summed E-state index contributed by atoms with van der Waals surface area (Å²) in [5.74, 6) is 0.0593. The summed E-state index contributed by atoms with van der Waals surface area (Å²) in [6.07, 6.45) is 3.17. The molecule has 0 radical (unpaired) electrons. The van der Waals surface area contributed by atoms with E-state index >= 15 is 0 Å². The molecular weight excluding hydrogens is 320 g/mol. The predicted molar refractivity (Wildman–Crippen MR) is 95.7 cm³/mol. The highest BCUT2D eigenvalue weighted by Gasteiger charge is 2.21. The Morgan fingerprint density at radius 1 is 1.25 bits per heavy atom. The smallest absolute Gasteiger partial charge is 0.264 e. The van der Waals surface area contributed by atoms with Crippen molar-refractivity contribution in [1.29, 1.82) is 0 Å². The summed E-state index contributed by atoms with van der Waals surface area (Å²) in [5, 5.41) is 4.12. The van der Waals surface area contributed by atoms with Crippen LogP contribution in [0.5, 0.6) is 0 Å². The van der Waals surface area contributed by atoms with Crippen molar-refractivity contribution in [1.82, 2.24) is 19.7 Å². The van der Waals surface area contributed by atoms with Crippen LogP contribution in [0.2, 0.25) is 0 Å². The highest BCUT2D eigenvalue weighted by molar-refractivity contribution is 7.14. The molecule has 2 heterocycles. The van der Waals surface area contributed by atoms with Crippen LogP contribution >= 0.6 is 11.3 Å². The third kappa shape index (κ3) is 3.10. The van der Waals surface area contributed by atoms with E-state index in [1.54, 1.807) is 27.2 Å². The second kappa shape index (κ2) is 6.57. The maximum absolute atomic E-state index is 12.7. The SMILES string of the molecule is Cc1cc(C(=O)N(C)C(C)c2ccc(-n3cncn3)cc2)sc1C. The van der Waals surface area contributed by atoms with Gasteiger partial charge in [0.1, 0.15) is 12.7 Å². The quantitative estimate of drug-likeness (QED) is 0.726. The first-order chi connectivity index (χ1) is 11.5. The molecule has 6 heteroatoms. The molecule has 0 bridgehead atoms. The van der Waals surface area contributed by atoms with E-state index < -0.39 is 0 Å². The van der Waals surface area contributed by atoms with Crippen LogP contribution in [-0.4, -0.2) is 32.6 Å². The molecule has 0 aliphatic rings. The summed E-state index contributed by atoms with van der Waals surface area (Å²) in [6, 6.07) is 9.98. The van der Waals surface area contributed by atoms with Gasteiger partial charge in [-0.2, -0.15) is 5.10 Å². The van der Waals surface area contributed by atoms with E-state index in [2.05, 4.69) is 10.1 Å². The van der Waals surface area contributed by atoms with Crippen molar-refractivity contribution < 1.29 is 4.79 Å². The van der Waals surface area contributed by atoms with Gasteiger partial charge in [0.05, 0.1) is 16.6 Å². The zero-order valence-electron chi connectivity index (χ0n) is 14.2. The molecule has 0 fully saturated rings. The summed E-state index contributed by atoms with van der Waals surface area (Å²) in [5.41, 5.74) is 3.20. The predicted octanol–water partition coefficient (Wildman–Crippen LogP) is 3.78. The minimum absolute atomic E-state index is 0.00925. The summed E-state index contributed by atoms with van der Waals surface area (Å²) in [6.45, 7) is 6.12. The van der Waals surface area contributed by atoms with Crippen molar-refractivity contribution in [2.24, 2.45) is 0 Å². The highest BCUT2D eigenvalue weighted by Crippen LogP contribution is 2.26. The standard InChI is InChI=1S/C18H20N4OS/c1-12-9-17(24-14(12)3)18(23)21(4)13(2)15-5-7-16(8-6-15)22-11-19-10-20-22/h5-11,13H,1-4H3. The second-order valence-corrected chi connectivity index (χ2v) is 7.13. The Balaban J connectivity index is 1.77. The van der Waals surface area contributed by atoms with Crippen molar-refractivity contribution >= 4 is 17.2 Å². The maximum atomic E-state index is 12.7. The van der Waals surface area contributed by atoms with Gasteiger partial charge in [-0.25, -0.2) is 9.67 Å². The van der Waals surface area contributed by atoms with E-state index in [1.807, 2.05) is 58.2 Å². The lowest BCUT2D eigenvalue weighted by molar-refractivity contribution is 0.0747. The molecule has 3 rings (SSSR count). The largest absolute Gasteiger partial charge is 0.334 e. The Morgan fingerprint density at radius 2 is 1.96 bits per heavy atom. The number of thiophene rings is 1. The number of nitrogens with zero attached hydrogens (tertiary/aromatic N) is 4. The van der Waals surface area contributed by atoms with E-state index in [1.165, 1.54) is 16.8 Å². The van der Waals surface area contributed by atoms with Gasteiger partial charge in [-0.3, -0.25) is 4.79 Å². The Hall–Kier alpha value is -2.47. The van der Waals surface area contributed by atoms with Crippen LogP contribution < -0.4 is 0 Å². The average Bonchev–Trinajstić information content (AvgIpc) is 3.24. The van der Waals surface area contributed by atoms with E-state index in [4.69, 9.17) is 0 Å². The third-order valence-electron chi connectivity index (χ3n) is 4.34. The van der Waals surface area contributed by atoms with Gasteiger partial charge >= 0.3 is 0 Å². The van der Waals surface area contributed by atoms with Crippen LogP contribution in [0.3, 0.4) is 0 Å². The van der Waals surface area contributed by atoms with Crippen LogP contribution in [0.15, 0.2) is 43.0 Å². The van der Waals surface area contributed by atoms with E-state index in [-0.39, 0.29) is 11.9 Å². The molecule has 5 nitrogen and oxygen atoms in total. The van der Waals surface area contributed by atoms with E-state index in [0.717, 1.165) is 16.1 Å². The van der Waals surface area contributed by atoms with Gasteiger partial charge in [-0.1, -0.05) is 12.1 Å². The van der Waals surface area contributed by atoms with Gasteiger partial charge in [-0.05, 0) is 50.1 Å². The fourth-order valence-electron chi connectivity index (χ4n) is 2.50. The van der Waals surface area contributed by atoms with Crippen molar-refractivity contribution in [3.63, 3.8) is 0 Å². The number of carbonyl (C=O) groups is 1. The fourth-order valence-corrected chi connectivity index (χ4v) is 3.52. The topological polar surface area (TPSA) is 51.0 Å². The molecule has 0 N–H and O–H groups in total. The van der Waals surface area contributed by atoms with Crippen LogP contribution in [-0.2, 0) is 0 Å². The molecule has 0 saturated carbocycles. The van der Waals surface area contributed by atoms with Crippen LogP contribution in [0.4, 0.5) is 0 Å². The van der Waals surface area contributed by atoms with Gasteiger partial charge in [0.15, 0.2) is 0 Å². The minimum Gasteiger partial charge on any atom is -0.334 e. The number of hydrogen-bond acceptors (Lipinski definition) is 4. The Labute approximate surface area is 145 Å². The lowest BCUT2D eigenvalue weighted by Crippen LogP contribution is -2.29. The minimum atomic E-state index is -0.00925.